The monoisotopic (exact) mass is 351 g/mol. The quantitative estimate of drug-likeness (QED) is 0.333. The molecular weight excluding hydrogens is 334 g/mol. The number of aromatic nitrogens is 3. The number of hydrogen-bond donors (Lipinski definition) is 1. The van der Waals surface area contributed by atoms with Crippen LogP contribution in [-0.4, -0.2) is 15.2 Å². The molecule has 0 aliphatic heterocycles. The van der Waals surface area contributed by atoms with E-state index in [1.165, 1.54) is 11.8 Å². The zero-order valence-electron chi connectivity index (χ0n) is 13.9. The van der Waals surface area contributed by atoms with Crippen molar-refractivity contribution in [3.8, 4) is 0 Å². The van der Waals surface area contributed by atoms with Gasteiger partial charge >= 0.3 is 5.63 Å². The van der Waals surface area contributed by atoms with Gasteiger partial charge in [-0.3, -0.25) is 5.10 Å². The van der Waals surface area contributed by atoms with Crippen LogP contribution < -0.4 is 5.63 Å². The Morgan fingerprint density at radius 1 is 1.20 bits per heavy atom. The second-order valence-electron chi connectivity index (χ2n) is 6.20. The first-order chi connectivity index (χ1) is 12.1. The van der Waals surface area contributed by atoms with E-state index >= 15 is 0 Å². The molecule has 126 valence electrons. The summed E-state index contributed by atoms with van der Waals surface area (Å²) in [6.07, 6.45) is 0. The third-order valence-corrected chi connectivity index (χ3v) is 5.00. The van der Waals surface area contributed by atoms with Crippen LogP contribution in [-0.2, 0) is 5.75 Å². The molecule has 6 heteroatoms. The molecule has 0 fully saturated rings. The van der Waals surface area contributed by atoms with Crippen molar-refractivity contribution in [2.75, 3.05) is 0 Å². The van der Waals surface area contributed by atoms with Crippen molar-refractivity contribution >= 4 is 33.5 Å². The van der Waals surface area contributed by atoms with Crippen molar-refractivity contribution in [2.45, 2.75) is 30.7 Å². The molecule has 2 aromatic carbocycles. The highest BCUT2D eigenvalue weighted by Crippen LogP contribution is 2.30. The normalized spacial score (nSPS) is 11.6. The van der Waals surface area contributed by atoms with Crippen LogP contribution in [0.5, 0.6) is 0 Å². The summed E-state index contributed by atoms with van der Waals surface area (Å²) in [4.78, 5) is 16.4. The van der Waals surface area contributed by atoms with Gasteiger partial charge in [0.1, 0.15) is 11.4 Å². The van der Waals surface area contributed by atoms with Crippen molar-refractivity contribution in [2.24, 2.45) is 0 Å². The molecular formula is C19H17N3O2S. The lowest BCUT2D eigenvalue weighted by Crippen LogP contribution is -2.00. The zero-order chi connectivity index (χ0) is 17.4. The van der Waals surface area contributed by atoms with E-state index in [-0.39, 0.29) is 5.63 Å². The molecule has 0 atom stereocenters. The molecule has 4 rings (SSSR count). The standard InChI is InChI=1S/C19H17N3O2S/c1-11(2)18-20-19(22-21-18)25-10-13-9-16(23)24-15-8-7-12-5-3-4-6-14(12)17(13)15/h3-9,11H,10H2,1-2H3,(H,20,21,22). The SMILES string of the molecule is CC(C)c1nc(SCc2cc(=O)oc3ccc4ccccc4c23)n[nH]1. The molecule has 0 aliphatic rings. The zero-order valence-corrected chi connectivity index (χ0v) is 14.8. The minimum atomic E-state index is -0.337. The van der Waals surface area contributed by atoms with Crippen molar-refractivity contribution in [1.29, 1.82) is 0 Å². The second kappa shape index (κ2) is 6.37. The Bertz CT molecular complexity index is 1110. The van der Waals surface area contributed by atoms with Crippen LogP contribution in [0.25, 0.3) is 21.7 Å². The molecule has 0 unspecified atom stereocenters. The van der Waals surface area contributed by atoms with E-state index in [4.69, 9.17) is 4.42 Å². The lowest BCUT2D eigenvalue weighted by molar-refractivity contribution is 0.560. The van der Waals surface area contributed by atoms with Gasteiger partial charge in [-0.15, -0.1) is 5.10 Å². The van der Waals surface area contributed by atoms with Crippen molar-refractivity contribution < 1.29 is 4.42 Å². The highest BCUT2D eigenvalue weighted by Gasteiger charge is 2.12. The average molecular weight is 351 g/mol. The molecule has 0 radical (unpaired) electrons. The predicted octanol–water partition coefficient (Wildman–Crippen LogP) is 4.48. The molecule has 5 nitrogen and oxygen atoms in total. The van der Waals surface area contributed by atoms with E-state index in [1.807, 2.05) is 24.3 Å². The van der Waals surface area contributed by atoms with E-state index in [0.717, 1.165) is 27.5 Å². The molecule has 2 heterocycles. The molecule has 0 spiro atoms. The van der Waals surface area contributed by atoms with E-state index in [0.29, 0.717) is 22.4 Å². The maximum atomic E-state index is 11.9. The van der Waals surface area contributed by atoms with Crippen molar-refractivity contribution in [1.82, 2.24) is 15.2 Å². The second-order valence-corrected chi connectivity index (χ2v) is 7.14. The Hall–Kier alpha value is -2.60. The fourth-order valence-corrected chi connectivity index (χ4v) is 3.64. The van der Waals surface area contributed by atoms with Crippen LogP contribution in [0.4, 0.5) is 0 Å². The number of nitrogens with zero attached hydrogens (tertiary/aromatic N) is 2. The van der Waals surface area contributed by atoms with Crippen LogP contribution in [0, 0.1) is 0 Å². The number of H-pyrrole nitrogens is 1. The maximum absolute atomic E-state index is 11.9. The number of benzene rings is 2. The van der Waals surface area contributed by atoms with E-state index in [2.05, 4.69) is 41.2 Å². The van der Waals surface area contributed by atoms with Crippen LogP contribution in [0.1, 0.15) is 31.2 Å². The summed E-state index contributed by atoms with van der Waals surface area (Å²) >= 11 is 1.51. The first-order valence-electron chi connectivity index (χ1n) is 8.11. The summed E-state index contributed by atoms with van der Waals surface area (Å²) < 4.78 is 5.40. The number of rotatable bonds is 4. The smallest absolute Gasteiger partial charge is 0.336 e. The minimum Gasteiger partial charge on any atom is -0.423 e. The third kappa shape index (κ3) is 3.05. The van der Waals surface area contributed by atoms with Gasteiger partial charge in [0.25, 0.3) is 0 Å². The highest BCUT2D eigenvalue weighted by atomic mass is 32.2. The van der Waals surface area contributed by atoms with Gasteiger partial charge in [0, 0.05) is 23.1 Å². The maximum Gasteiger partial charge on any atom is 0.336 e. The minimum absolute atomic E-state index is 0.301. The molecule has 1 N–H and O–H groups in total. The van der Waals surface area contributed by atoms with E-state index < -0.39 is 0 Å². The highest BCUT2D eigenvalue weighted by molar-refractivity contribution is 7.98. The average Bonchev–Trinajstić information content (AvgIpc) is 3.08. The predicted molar refractivity (Wildman–Crippen MR) is 100 cm³/mol. The van der Waals surface area contributed by atoms with Gasteiger partial charge in [0.15, 0.2) is 0 Å². The van der Waals surface area contributed by atoms with Gasteiger partial charge in [-0.25, -0.2) is 9.78 Å². The number of nitrogens with one attached hydrogen (secondary N) is 1. The summed E-state index contributed by atoms with van der Waals surface area (Å²) in [7, 11) is 0. The molecule has 4 aromatic rings. The Morgan fingerprint density at radius 3 is 2.84 bits per heavy atom. The summed E-state index contributed by atoms with van der Waals surface area (Å²) in [5.41, 5.74) is 1.21. The number of thioether (sulfide) groups is 1. The summed E-state index contributed by atoms with van der Waals surface area (Å²) in [5.74, 6) is 1.77. The van der Waals surface area contributed by atoms with Gasteiger partial charge < -0.3 is 4.42 Å². The van der Waals surface area contributed by atoms with Crippen LogP contribution in [0.3, 0.4) is 0 Å². The third-order valence-electron chi connectivity index (χ3n) is 4.10. The first kappa shape index (κ1) is 15.9. The number of aromatic amines is 1. The Labute approximate surface area is 148 Å². The van der Waals surface area contributed by atoms with Crippen molar-refractivity contribution in [3.05, 3.63) is 64.3 Å². The Kier molecular flexibility index (Phi) is 4.05. The Morgan fingerprint density at radius 2 is 2.04 bits per heavy atom. The lowest BCUT2D eigenvalue weighted by atomic mass is 10.0. The number of hydrogen-bond acceptors (Lipinski definition) is 5. The van der Waals surface area contributed by atoms with Crippen LogP contribution in [0.2, 0.25) is 0 Å². The molecule has 25 heavy (non-hydrogen) atoms. The van der Waals surface area contributed by atoms with Crippen LogP contribution >= 0.6 is 11.8 Å². The summed E-state index contributed by atoms with van der Waals surface area (Å²) in [5, 5.41) is 11.1. The van der Waals surface area contributed by atoms with Gasteiger partial charge in [-0.1, -0.05) is 55.9 Å². The van der Waals surface area contributed by atoms with E-state index in [1.54, 1.807) is 6.07 Å². The molecule has 2 aromatic heterocycles. The topological polar surface area (TPSA) is 71.8 Å². The fourth-order valence-electron chi connectivity index (χ4n) is 2.86. The molecule has 0 saturated carbocycles. The molecule has 0 saturated heterocycles. The van der Waals surface area contributed by atoms with Gasteiger partial charge in [0.05, 0.1) is 0 Å². The molecule has 0 bridgehead atoms. The van der Waals surface area contributed by atoms with Crippen LogP contribution in [0.15, 0.2) is 56.8 Å². The molecule has 0 aliphatic carbocycles. The van der Waals surface area contributed by atoms with Crippen molar-refractivity contribution in [3.63, 3.8) is 0 Å². The van der Waals surface area contributed by atoms with Gasteiger partial charge in [-0.05, 0) is 22.4 Å². The largest absolute Gasteiger partial charge is 0.423 e. The Balaban J connectivity index is 1.77. The van der Waals surface area contributed by atoms with E-state index in [9.17, 15) is 4.79 Å². The fraction of sp³-hybridized carbons (Fsp3) is 0.211. The molecule has 0 amide bonds. The van der Waals surface area contributed by atoms with Gasteiger partial charge in [0.2, 0.25) is 5.16 Å². The van der Waals surface area contributed by atoms with Gasteiger partial charge in [-0.2, -0.15) is 0 Å². The summed E-state index contributed by atoms with van der Waals surface area (Å²) in [6.45, 7) is 4.13. The summed E-state index contributed by atoms with van der Waals surface area (Å²) in [6, 6.07) is 13.5. The first-order valence-corrected chi connectivity index (χ1v) is 9.10. The lowest BCUT2D eigenvalue weighted by Gasteiger charge is -2.07. The number of fused-ring (bicyclic) bond motifs is 3.